The summed E-state index contributed by atoms with van der Waals surface area (Å²) < 4.78 is 46.3. The summed E-state index contributed by atoms with van der Waals surface area (Å²) in [4.78, 5) is 42.7. The van der Waals surface area contributed by atoms with Gasteiger partial charge in [0.1, 0.15) is 11.6 Å². The molecule has 53 heavy (non-hydrogen) atoms. The maximum Gasteiger partial charge on any atom is 0.205 e. The number of methoxy groups -OCH3 is 1. The van der Waals surface area contributed by atoms with Crippen molar-refractivity contribution in [3.05, 3.63) is 89.6 Å². The van der Waals surface area contributed by atoms with Crippen molar-refractivity contribution in [3.63, 3.8) is 0 Å². The standard InChI is InChI=1S/C41H46F2N2O6S.ClH/c1-26(2)39(44)40(48)52-20-8-6-4-5-7-19-50-36-25-32-30(24-35(36)49-3)33(15-18-45-32)51-34-14-11-28(21-31(34)43)23-38(47)41(16-17-41)37(46)22-27-9-12-29(42)13-10-27;/h9-15,18,21,24-26,39H,4-8,16-17,19-20,22-23,44H2,1-3H3;1H/t39-;/m0./s1. The predicted octanol–water partition coefficient (Wildman–Crippen LogP) is 9.01. The van der Waals surface area contributed by atoms with Gasteiger partial charge >= 0.3 is 0 Å². The van der Waals surface area contributed by atoms with Crippen LogP contribution in [0.25, 0.3) is 10.9 Å². The Morgan fingerprint density at radius 3 is 2.15 bits per heavy atom. The molecule has 5 rings (SSSR count). The normalized spacial score (nSPS) is 13.6. The molecule has 0 radical (unpaired) electrons. The zero-order valence-corrected chi connectivity index (χ0v) is 32.0. The van der Waals surface area contributed by atoms with E-state index >= 15 is 4.39 Å². The lowest BCUT2D eigenvalue weighted by molar-refractivity contribution is -0.133. The van der Waals surface area contributed by atoms with Crippen LogP contribution in [-0.2, 0) is 27.2 Å². The Bertz CT molecular complexity index is 1890. The minimum atomic E-state index is -1.07. The first kappa shape index (κ1) is 41.7. The number of ketones is 2. The van der Waals surface area contributed by atoms with Crippen molar-refractivity contribution in [1.29, 1.82) is 0 Å². The molecule has 1 aromatic heterocycles. The topological polar surface area (TPSA) is 118 Å². The van der Waals surface area contributed by atoms with Crippen molar-refractivity contribution >= 4 is 51.8 Å². The molecule has 0 spiro atoms. The van der Waals surface area contributed by atoms with Gasteiger partial charge in [-0.25, -0.2) is 8.78 Å². The van der Waals surface area contributed by atoms with Gasteiger partial charge in [0, 0.05) is 36.2 Å². The Labute approximate surface area is 320 Å². The Kier molecular flexibility index (Phi) is 15.2. The first-order valence-electron chi connectivity index (χ1n) is 17.8. The van der Waals surface area contributed by atoms with E-state index in [1.165, 1.54) is 36.0 Å². The number of nitrogens with zero attached hydrogens (tertiary/aromatic N) is 1. The second kappa shape index (κ2) is 19.3. The smallest absolute Gasteiger partial charge is 0.205 e. The molecule has 0 saturated heterocycles. The number of benzene rings is 3. The van der Waals surface area contributed by atoms with Crippen LogP contribution < -0.4 is 19.9 Å². The van der Waals surface area contributed by atoms with Crippen LogP contribution in [0.15, 0.2) is 66.9 Å². The van der Waals surface area contributed by atoms with Crippen LogP contribution in [0.4, 0.5) is 8.78 Å². The molecule has 0 bridgehead atoms. The quantitative estimate of drug-likeness (QED) is 0.0694. The first-order chi connectivity index (χ1) is 25.0. The molecule has 0 unspecified atom stereocenters. The molecule has 1 fully saturated rings. The zero-order valence-electron chi connectivity index (χ0n) is 30.3. The van der Waals surface area contributed by atoms with Gasteiger partial charge in [0.15, 0.2) is 34.6 Å². The summed E-state index contributed by atoms with van der Waals surface area (Å²) in [7, 11) is 1.55. The van der Waals surface area contributed by atoms with Crippen LogP contribution >= 0.6 is 24.2 Å². The third-order valence-electron chi connectivity index (χ3n) is 9.44. The number of pyridine rings is 1. The average Bonchev–Trinajstić information content (AvgIpc) is 3.95. The summed E-state index contributed by atoms with van der Waals surface area (Å²) in [6.45, 7) is 4.41. The first-order valence-corrected chi connectivity index (χ1v) is 18.8. The maximum absolute atomic E-state index is 15.3. The van der Waals surface area contributed by atoms with Crippen molar-refractivity contribution < 1.29 is 37.4 Å². The average molecular weight is 769 g/mol. The lowest BCUT2D eigenvalue weighted by atomic mass is 9.88. The van der Waals surface area contributed by atoms with E-state index in [2.05, 4.69) is 4.98 Å². The van der Waals surface area contributed by atoms with Gasteiger partial charge in [0.25, 0.3) is 0 Å². The molecule has 8 nitrogen and oxygen atoms in total. The molecule has 1 atom stereocenters. The lowest BCUT2D eigenvalue weighted by Gasteiger charge is -2.15. The molecule has 12 heteroatoms. The summed E-state index contributed by atoms with van der Waals surface area (Å²) in [6, 6.07) is 14.8. The van der Waals surface area contributed by atoms with Crippen molar-refractivity contribution in [1.82, 2.24) is 4.98 Å². The number of carbonyl (C=O) groups excluding carboxylic acids is 3. The molecule has 1 aliphatic carbocycles. The van der Waals surface area contributed by atoms with E-state index < -0.39 is 17.3 Å². The Morgan fingerprint density at radius 1 is 0.830 bits per heavy atom. The molecular formula is C41H47ClF2N2O6S. The summed E-state index contributed by atoms with van der Waals surface area (Å²) in [5.74, 6) is 0.829. The number of fused-ring (bicyclic) bond motifs is 1. The van der Waals surface area contributed by atoms with Gasteiger partial charge < -0.3 is 19.9 Å². The Hall–Kier alpha value is -4.06. The van der Waals surface area contributed by atoms with Gasteiger partial charge in [-0.15, -0.1) is 12.4 Å². The van der Waals surface area contributed by atoms with E-state index in [0.717, 1.165) is 37.9 Å². The van der Waals surface area contributed by atoms with E-state index in [1.54, 1.807) is 49.7 Å². The van der Waals surface area contributed by atoms with Crippen LogP contribution in [0.5, 0.6) is 23.0 Å². The highest BCUT2D eigenvalue weighted by molar-refractivity contribution is 8.13. The number of rotatable bonds is 20. The molecule has 284 valence electrons. The molecule has 4 aromatic rings. The fraction of sp³-hybridized carbons (Fsp3) is 0.415. The highest BCUT2D eigenvalue weighted by atomic mass is 35.5. The summed E-state index contributed by atoms with van der Waals surface area (Å²) >= 11 is 1.33. The SMILES string of the molecule is COc1cc2c(Oc3ccc(CC(=O)C4(C(=O)Cc5ccc(F)cc5)CC4)cc3F)ccnc2cc1OCCCCCCCSC(=O)[C@@H](N)C(C)C.Cl. The number of hydrogen-bond donors (Lipinski definition) is 1. The monoisotopic (exact) mass is 768 g/mol. The predicted molar refractivity (Wildman–Crippen MR) is 206 cm³/mol. The van der Waals surface area contributed by atoms with E-state index in [1.807, 2.05) is 13.8 Å². The summed E-state index contributed by atoms with van der Waals surface area (Å²) in [5.41, 5.74) is 6.52. The second-order valence-electron chi connectivity index (χ2n) is 13.7. The highest BCUT2D eigenvalue weighted by Gasteiger charge is 2.54. The third-order valence-corrected chi connectivity index (χ3v) is 10.5. The van der Waals surface area contributed by atoms with Crippen molar-refractivity contribution in [2.24, 2.45) is 17.1 Å². The van der Waals surface area contributed by atoms with Gasteiger partial charge in [-0.05, 0) is 79.1 Å². The fourth-order valence-electron chi connectivity index (χ4n) is 5.95. The number of nitrogens with two attached hydrogens (primary N) is 1. The van der Waals surface area contributed by atoms with E-state index in [9.17, 15) is 18.8 Å². The van der Waals surface area contributed by atoms with Crippen LogP contribution in [-0.4, -0.2) is 47.2 Å². The largest absolute Gasteiger partial charge is 0.493 e. The number of hydrogen-bond acceptors (Lipinski definition) is 9. The van der Waals surface area contributed by atoms with Gasteiger partial charge in [0.05, 0.1) is 30.7 Å². The number of Topliss-reactive ketones (excluding diaryl/α,β-unsaturated/α-hetero) is 2. The molecule has 2 N–H and O–H groups in total. The van der Waals surface area contributed by atoms with Gasteiger partial charge in [-0.3, -0.25) is 19.4 Å². The molecule has 3 aromatic carbocycles. The number of halogens is 3. The van der Waals surface area contributed by atoms with Gasteiger partial charge in [0.2, 0.25) is 5.12 Å². The molecule has 0 aliphatic heterocycles. The lowest BCUT2D eigenvalue weighted by Crippen LogP contribution is -2.33. The van der Waals surface area contributed by atoms with Crippen molar-refractivity contribution in [3.8, 4) is 23.0 Å². The van der Waals surface area contributed by atoms with E-state index in [0.29, 0.717) is 58.7 Å². The van der Waals surface area contributed by atoms with Crippen molar-refractivity contribution in [2.75, 3.05) is 19.5 Å². The minimum absolute atomic E-state index is 0. The number of aromatic nitrogens is 1. The van der Waals surface area contributed by atoms with Crippen molar-refractivity contribution in [2.45, 2.75) is 77.7 Å². The molecule has 1 aliphatic rings. The van der Waals surface area contributed by atoms with Gasteiger partial charge in [-0.1, -0.05) is 63.1 Å². The van der Waals surface area contributed by atoms with Crippen LogP contribution in [0, 0.1) is 23.0 Å². The van der Waals surface area contributed by atoms with Crippen LogP contribution in [0.2, 0.25) is 0 Å². The second-order valence-corrected chi connectivity index (χ2v) is 14.8. The minimum Gasteiger partial charge on any atom is -0.493 e. The van der Waals surface area contributed by atoms with Gasteiger partial charge in [-0.2, -0.15) is 0 Å². The van der Waals surface area contributed by atoms with Crippen LogP contribution in [0.3, 0.4) is 0 Å². The number of thioether (sulfide) groups is 1. The van der Waals surface area contributed by atoms with E-state index in [-0.39, 0.29) is 59.4 Å². The Balaban J connectivity index is 0.00000627. The molecule has 0 amide bonds. The van der Waals surface area contributed by atoms with E-state index in [4.69, 9.17) is 19.9 Å². The number of carbonyl (C=O) groups is 3. The third kappa shape index (κ3) is 11.0. The zero-order chi connectivity index (χ0) is 37.3. The molecule has 1 heterocycles. The fourth-order valence-corrected chi connectivity index (χ4v) is 6.97. The molecule has 1 saturated carbocycles. The Morgan fingerprint density at radius 2 is 1.49 bits per heavy atom. The summed E-state index contributed by atoms with van der Waals surface area (Å²) in [6.07, 6.45) is 7.34. The number of ether oxygens (including phenoxy) is 3. The highest BCUT2D eigenvalue weighted by Crippen LogP contribution is 2.49. The number of unbranched alkanes of at least 4 members (excludes halogenated alkanes) is 4. The summed E-state index contributed by atoms with van der Waals surface area (Å²) in [5, 5.41) is 0.665. The van der Waals surface area contributed by atoms with Crippen LogP contribution in [0.1, 0.15) is 69.9 Å². The molecular weight excluding hydrogens is 722 g/mol. The maximum atomic E-state index is 15.3.